The van der Waals surface area contributed by atoms with E-state index in [-0.39, 0.29) is 41.7 Å². The van der Waals surface area contributed by atoms with Crippen LogP contribution < -0.4 is 0 Å². The molecule has 3 heterocycles. The van der Waals surface area contributed by atoms with Crippen LogP contribution in [0.3, 0.4) is 0 Å². The van der Waals surface area contributed by atoms with Crippen molar-refractivity contribution >= 4 is 22.1 Å². The summed E-state index contributed by atoms with van der Waals surface area (Å²) >= 11 is 0. The van der Waals surface area contributed by atoms with Crippen molar-refractivity contribution < 1.29 is 31.1 Å². The second kappa shape index (κ2) is 9.54. The van der Waals surface area contributed by atoms with E-state index in [1.54, 1.807) is 24.4 Å². The predicted octanol–water partition coefficient (Wildman–Crippen LogP) is 4.88. The zero-order chi connectivity index (χ0) is 26.5. The number of aromatic nitrogens is 1. The molecule has 0 spiro atoms. The Morgan fingerprint density at radius 3 is 2.62 bits per heavy atom. The number of ether oxygens (including phenoxy) is 1. The van der Waals surface area contributed by atoms with Crippen LogP contribution in [-0.2, 0) is 25.7 Å². The maximum absolute atomic E-state index is 13.1. The van der Waals surface area contributed by atoms with E-state index in [0.717, 1.165) is 12.1 Å². The van der Waals surface area contributed by atoms with Crippen LogP contribution in [-0.4, -0.2) is 49.1 Å². The molecule has 1 saturated carbocycles. The quantitative estimate of drug-likeness (QED) is 0.523. The fraction of sp³-hybridized carbons (Fsp3) is 0.481. The molecule has 0 N–H and O–H groups in total. The molecule has 1 aromatic carbocycles. The first-order valence-corrected chi connectivity index (χ1v) is 14.2. The lowest BCUT2D eigenvalue weighted by molar-refractivity contribution is -0.144. The highest BCUT2D eigenvalue weighted by molar-refractivity contribution is 7.88. The summed E-state index contributed by atoms with van der Waals surface area (Å²) in [6.07, 6.45) is 3.42. The van der Waals surface area contributed by atoms with E-state index in [4.69, 9.17) is 4.74 Å². The number of benzene rings is 1. The Bertz CT molecular complexity index is 1310. The van der Waals surface area contributed by atoms with Crippen LogP contribution >= 0.6 is 0 Å². The predicted molar refractivity (Wildman–Crippen MR) is 132 cm³/mol. The van der Waals surface area contributed by atoms with E-state index >= 15 is 0 Å². The van der Waals surface area contributed by atoms with Gasteiger partial charge in [-0.3, -0.25) is 9.78 Å². The zero-order valence-electron chi connectivity index (χ0n) is 20.6. The highest BCUT2D eigenvalue weighted by Gasteiger charge is 2.54. The van der Waals surface area contributed by atoms with Gasteiger partial charge in [-0.25, -0.2) is 12.7 Å². The first kappa shape index (κ1) is 25.9. The molecule has 5 rings (SSSR count). The summed E-state index contributed by atoms with van der Waals surface area (Å²) in [4.78, 5) is 17.0. The number of nitrogens with zero attached hydrogens (tertiary/aromatic N) is 2. The summed E-state index contributed by atoms with van der Waals surface area (Å²) in [6.45, 7) is 2.77. The van der Waals surface area contributed by atoms with E-state index < -0.39 is 21.8 Å². The molecule has 2 aliphatic heterocycles. The third-order valence-corrected chi connectivity index (χ3v) is 9.40. The number of halogens is 3. The number of hydrogen-bond donors (Lipinski definition) is 0. The van der Waals surface area contributed by atoms with Gasteiger partial charge >= 0.3 is 12.1 Å². The second-order valence-corrected chi connectivity index (χ2v) is 12.4. The maximum Gasteiger partial charge on any atom is 0.416 e. The van der Waals surface area contributed by atoms with Crippen molar-refractivity contribution in [3.8, 4) is 11.1 Å². The molecule has 3 fully saturated rings. The van der Waals surface area contributed by atoms with E-state index in [1.165, 1.54) is 16.6 Å². The van der Waals surface area contributed by atoms with Crippen LogP contribution in [0.1, 0.15) is 31.0 Å². The topological polar surface area (TPSA) is 76.6 Å². The van der Waals surface area contributed by atoms with E-state index in [0.29, 0.717) is 42.8 Å². The number of allylic oxidation sites excluding steroid dienone is 1. The molecular formula is C27H29F3N2O4S. The van der Waals surface area contributed by atoms with E-state index in [9.17, 15) is 26.4 Å². The minimum Gasteiger partial charge on any atom is -0.462 e. The summed E-state index contributed by atoms with van der Waals surface area (Å²) < 4.78 is 70.6. The lowest BCUT2D eigenvalue weighted by Crippen LogP contribution is -2.51. The fourth-order valence-electron chi connectivity index (χ4n) is 6.38. The molecule has 10 heteroatoms. The fourth-order valence-corrected chi connectivity index (χ4v) is 7.28. The third kappa shape index (κ3) is 5.18. The molecular weight excluding hydrogens is 505 g/mol. The van der Waals surface area contributed by atoms with Crippen LogP contribution in [0.4, 0.5) is 13.2 Å². The lowest BCUT2D eigenvalue weighted by atomic mass is 9.59. The van der Waals surface area contributed by atoms with Crippen molar-refractivity contribution in [1.82, 2.24) is 9.29 Å². The van der Waals surface area contributed by atoms with Gasteiger partial charge in [0.25, 0.3) is 0 Å². The molecule has 0 bridgehead atoms. The molecule has 3 aliphatic rings. The Morgan fingerprint density at radius 1 is 1.16 bits per heavy atom. The molecule has 0 radical (unpaired) electrons. The number of carbonyl (C=O) groups is 1. The van der Waals surface area contributed by atoms with Gasteiger partial charge in [-0.15, -0.1) is 0 Å². The van der Waals surface area contributed by atoms with Gasteiger partial charge in [0.1, 0.15) is 6.10 Å². The van der Waals surface area contributed by atoms with Crippen LogP contribution in [0.5, 0.6) is 0 Å². The Balaban J connectivity index is 1.38. The van der Waals surface area contributed by atoms with Crippen molar-refractivity contribution in [1.29, 1.82) is 0 Å². The number of esters is 1. The highest BCUT2D eigenvalue weighted by Crippen LogP contribution is 2.52. The van der Waals surface area contributed by atoms with Gasteiger partial charge in [0.15, 0.2) is 0 Å². The van der Waals surface area contributed by atoms with Gasteiger partial charge in [0.05, 0.1) is 23.4 Å². The standard InChI is InChI=1S/C27H29F3N2O4S/c1-16-25-23(22-10-11-32(37(2,34)35)15-19(22)13-24(25)26(33)36-16)9-8-21-7-6-18(14-31-21)17-4-3-5-20(12-17)27(28,29)30/h3-9,12,14,16,19,22-25H,10-11,13,15H2,1-2H3/b9-8+. The summed E-state index contributed by atoms with van der Waals surface area (Å²) in [5, 5.41) is 0. The second-order valence-electron chi connectivity index (χ2n) is 10.4. The Kier molecular flexibility index (Phi) is 6.68. The zero-order valence-corrected chi connectivity index (χ0v) is 21.4. The van der Waals surface area contributed by atoms with Crippen LogP contribution in [0, 0.1) is 29.6 Å². The number of rotatable bonds is 4. The van der Waals surface area contributed by atoms with Crippen molar-refractivity contribution in [2.45, 2.75) is 32.0 Å². The minimum atomic E-state index is -4.41. The monoisotopic (exact) mass is 534 g/mol. The number of alkyl halides is 3. The normalized spacial score (nSPS) is 30.7. The van der Waals surface area contributed by atoms with Gasteiger partial charge < -0.3 is 4.74 Å². The molecule has 198 valence electrons. The number of carbonyl (C=O) groups excluding carboxylic acids is 1. The molecule has 0 amide bonds. The highest BCUT2D eigenvalue weighted by atomic mass is 32.2. The Labute approximate surface area is 214 Å². The average Bonchev–Trinajstić information content (AvgIpc) is 3.13. The van der Waals surface area contributed by atoms with Crippen molar-refractivity contribution in [3.05, 3.63) is 59.9 Å². The molecule has 1 aromatic heterocycles. The van der Waals surface area contributed by atoms with Crippen LogP contribution in [0.2, 0.25) is 0 Å². The SMILES string of the molecule is CC1OC(=O)C2CC3CN(S(C)(=O)=O)CCC3C(/C=C/c3ccc(-c4cccc(C(F)(F)F)c4)cn3)C12. The van der Waals surface area contributed by atoms with Gasteiger partial charge in [-0.05, 0) is 67.4 Å². The molecule has 1 aliphatic carbocycles. The third-order valence-electron chi connectivity index (χ3n) is 8.13. The van der Waals surface area contributed by atoms with Gasteiger partial charge in [0.2, 0.25) is 10.0 Å². The Morgan fingerprint density at radius 2 is 1.95 bits per heavy atom. The van der Waals surface area contributed by atoms with E-state index in [2.05, 4.69) is 11.1 Å². The number of cyclic esters (lactones) is 1. The van der Waals surface area contributed by atoms with Gasteiger partial charge in [-0.1, -0.05) is 24.3 Å². The minimum absolute atomic E-state index is 0.0131. The van der Waals surface area contributed by atoms with Gasteiger partial charge in [0, 0.05) is 30.8 Å². The number of pyridine rings is 1. The lowest BCUT2D eigenvalue weighted by Gasteiger charge is -2.47. The number of sulfonamides is 1. The smallest absolute Gasteiger partial charge is 0.416 e. The van der Waals surface area contributed by atoms with Crippen LogP contribution in [0.25, 0.3) is 17.2 Å². The summed E-state index contributed by atoms with van der Waals surface area (Å²) in [7, 11) is -3.31. The maximum atomic E-state index is 13.1. The summed E-state index contributed by atoms with van der Waals surface area (Å²) in [6, 6.07) is 8.64. The van der Waals surface area contributed by atoms with Crippen molar-refractivity contribution in [2.24, 2.45) is 29.6 Å². The molecule has 6 unspecified atom stereocenters. The Hall–Kier alpha value is -2.72. The summed E-state index contributed by atoms with van der Waals surface area (Å²) in [5.74, 6) is -0.155. The number of fused-ring (bicyclic) bond motifs is 2. The van der Waals surface area contributed by atoms with Crippen molar-refractivity contribution in [3.63, 3.8) is 0 Å². The first-order chi connectivity index (χ1) is 17.4. The first-order valence-electron chi connectivity index (χ1n) is 12.4. The van der Waals surface area contributed by atoms with Crippen molar-refractivity contribution in [2.75, 3.05) is 19.3 Å². The van der Waals surface area contributed by atoms with Gasteiger partial charge in [-0.2, -0.15) is 13.2 Å². The summed E-state index contributed by atoms with van der Waals surface area (Å²) in [5.41, 5.74) is 0.960. The molecule has 2 saturated heterocycles. The number of piperidine rings is 1. The molecule has 2 aromatic rings. The average molecular weight is 535 g/mol. The molecule has 37 heavy (non-hydrogen) atoms. The molecule has 6 nitrogen and oxygen atoms in total. The van der Waals surface area contributed by atoms with Crippen LogP contribution in [0.15, 0.2) is 48.7 Å². The molecule has 6 atom stereocenters. The largest absolute Gasteiger partial charge is 0.462 e. The number of hydrogen-bond acceptors (Lipinski definition) is 5. The van der Waals surface area contributed by atoms with E-state index in [1.807, 2.05) is 13.0 Å².